The fraction of sp³-hybridized carbons (Fsp3) is 0.667. The van der Waals surface area contributed by atoms with Crippen molar-refractivity contribution in [3.05, 3.63) is 35.9 Å². The zero-order valence-corrected chi connectivity index (χ0v) is 17.9. The van der Waals surface area contributed by atoms with Gasteiger partial charge >= 0.3 is 5.97 Å². The molecule has 0 saturated heterocycles. The molecule has 1 atom stereocenters. The standard InChI is InChI=1S/C24H37NO3/c1-4-6-10-20-13-15-22(16-14-20)24(27)25(18-17-23(26)28-5-2)19(3)21-11-8-7-9-12-21/h7-9,11-12,19-20,22H,4-6,10,13-18H2,1-3H3. The molecule has 0 spiro atoms. The molecule has 4 heteroatoms. The van der Waals surface area contributed by atoms with Crippen LogP contribution >= 0.6 is 0 Å². The Balaban J connectivity index is 2.03. The van der Waals surface area contributed by atoms with Gasteiger partial charge in [-0.25, -0.2) is 0 Å². The number of nitrogens with zero attached hydrogens (tertiary/aromatic N) is 1. The molecule has 1 fully saturated rings. The van der Waals surface area contributed by atoms with E-state index < -0.39 is 0 Å². The number of ether oxygens (including phenoxy) is 1. The maximum absolute atomic E-state index is 13.4. The Labute approximate surface area is 170 Å². The number of benzene rings is 1. The lowest BCUT2D eigenvalue weighted by molar-refractivity contribution is -0.145. The van der Waals surface area contributed by atoms with Crippen LogP contribution in [0.3, 0.4) is 0 Å². The topological polar surface area (TPSA) is 46.6 Å². The lowest BCUT2D eigenvalue weighted by Gasteiger charge is -2.35. The van der Waals surface area contributed by atoms with Crippen molar-refractivity contribution in [2.75, 3.05) is 13.2 Å². The van der Waals surface area contributed by atoms with Gasteiger partial charge in [0.05, 0.1) is 19.1 Å². The largest absolute Gasteiger partial charge is 0.466 e. The third kappa shape index (κ3) is 6.65. The van der Waals surface area contributed by atoms with Crippen LogP contribution in [0, 0.1) is 11.8 Å². The van der Waals surface area contributed by atoms with Crippen LogP contribution in [0.15, 0.2) is 30.3 Å². The van der Waals surface area contributed by atoms with Gasteiger partial charge in [-0.2, -0.15) is 0 Å². The molecule has 0 aliphatic heterocycles. The van der Waals surface area contributed by atoms with E-state index in [1.54, 1.807) is 0 Å². The Bertz CT molecular complexity index is 593. The van der Waals surface area contributed by atoms with Crippen molar-refractivity contribution in [3.8, 4) is 0 Å². The van der Waals surface area contributed by atoms with Gasteiger partial charge in [-0.05, 0) is 51.0 Å². The summed E-state index contributed by atoms with van der Waals surface area (Å²) in [6, 6.07) is 10.0. The Hall–Kier alpha value is -1.84. The minimum Gasteiger partial charge on any atom is -0.466 e. The van der Waals surface area contributed by atoms with E-state index in [-0.39, 0.29) is 30.3 Å². The van der Waals surface area contributed by atoms with Crippen molar-refractivity contribution in [2.24, 2.45) is 11.8 Å². The van der Waals surface area contributed by atoms with Crippen molar-refractivity contribution in [1.29, 1.82) is 0 Å². The Morgan fingerprint density at radius 2 is 1.79 bits per heavy atom. The molecule has 1 aliphatic carbocycles. The summed E-state index contributed by atoms with van der Waals surface area (Å²) in [5.41, 5.74) is 1.11. The molecule has 1 unspecified atom stereocenters. The number of carbonyl (C=O) groups excluding carboxylic acids is 2. The first-order chi connectivity index (χ1) is 13.6. The van der Waals surface area contributed by atoms with Gasteiger partial charge in [0, 0.05) is 12.5 Å². The van der Waals surface area contributed by atoms with Gasteiger partial charge in [-0.1, -0.05) is 56.5 Å². The first-order valence-electron chi connectivity index (χ1n) is 11.1. The van der Waals surface area contributed by atoms with Crippen LogP contribution in [0.1, 0.15) is 83.7 Å². The van der Waals surface area contributed by atoms with Crippen LogP contribution in [0.5, 0.6) is 0 Å². The fourth-order valence-corrected chi connectivity index (χ4v) is 4.28. The van der Waals surface area contributed by atoms with E-state index in [0.29, 0.717) is 13.2 Å². The second kappa shape index (κ2) is 11.9. The van der Waals surface area contributed by atoms with Crippen molar-refractivity contribution in [2.45, 2.75) is 78.2 Å². The number of esters is 1. The van der Waals surface area contributed by atoms with Crippen LogP contribution in [0.25, 0.3) is 0 Å². The Kier molecular flexibility index (Phi) is 9.52. The molecule has 4 nitrogen and oxygen atoms in total. The van der Waals surface area contributed by atoms with Crippen LogP contribution in [0.4, 0.5) is 0 Å². The van der Waals surface area contributed by atoms with E-state index in [4.69, 9.17) is 4.74 Å². The van der Waals surface area contributed by atoms with Gasteiger partial charge in [0.2, 0.25) is 5.91 Å². The maximum atomic E-state index is 13.4. The van der Waals surface area contributed by atoms with Crippen molar-refractivity contribution < 1.29 is 14.3 Å². The van der Waals surface area contributed by atoms with E-state index in [2.05, 4.69) is 26.0 Å². The average Bonchev–Trinajstić information content (AvgIpc) is 2.73. The van der Waals surface area contributed by atoms with E-state index in [0.717, 1.165) is 37.2 Å². The Morgan fingerprint density at radius 1 is 1.11 bits per heavy atom. The zero-order chi connectivity index (χ0) is 20.4. The van der Waals surface area contributed by atoms with Crippen molar-refractivity contribution in [1.82, 2.24) is 4.90 Å². The van der Waals surface area contributed by atoms with Crippen LogP contribution in [-0.2, 0) is 14.3 Å². The monoisotopic (exact) mass is 387 g/mol. The average molecular weight is 388 g/mol. The molecule has 0 bridgehead atoms. The summed E-state index contributed by atoms with van der Waals surface area (Å²) >= 11 is 0. The first-order valence-corrected chi connectivity index (χ1v) is 11.1. The van der Waals surface area contributed by atoms with E-state index in [1.807, 2.05) is 30.0 Å². The summed E-state index contributed by atoms with van der Waals surface area (Å²) in [7, 11) is 0. The molecule has 156 valence electrons. The van der Waals surface area contributed by atoms with Gasteiger partial charge in [0.15, 0.2) is 0 Å². The molecule has 2 rings (SSSR count). The number of rotatable bonds is 10. The molecular formula is C24H37NO3. The molecule has 1 saturated carbocycles. The number of hydrogen-bond acceptors (Lipinski definition) is 3. The summed E-state index contributed by atoms with van der Waals surface area (Å²) in [4.78, 5) is 27.2. The highest BCUT2D eigenvalue weighted by Gasteiger charge is 2.32. The summed E-state index contributed by atoms with van der Waals surface area (Å²) in [5.74, 6) is 0.841. The normalized spacial score (nSPS) is 20.4. The molecule has 0 radical (unpaired) electrons. The lowest BCUT2D eigenvalue weighted by atomic mass is 9.79. The minimum absolute atomic E-state index is 0.0408. The smallest absolute Gasteiger partial charge is 0.307 e. The van der Waals surface area contributed by atoms with E-state index in [9.17, 15) is 9.59 Å². The van der Waals surface area contributed by atoms with Crippen molar-refractivity contribution >= 4 is 11.9 Å². The molecule has 0 heterocycles. The second-order valence-corrected chi connectivity index (χ2v) is 8.03. The molecule has 1 aromatic rings. The lowest BCUT2D eigenvalue weighted by Crippen LogP contribution is -2.40. The molecule has 1 aliphatic rings. The van der Waals surface area contributed by atoms with Crippen LogP contribution in [-0.4, -0.2) is 29.9 Å². The number of hydrogen-bond donors (Lipinski definition) is 0. The molecule has 0 aromatic heterocycles. The summed E-state index contributed by atoms with van der Waals surface area (Å²) < 4.78 is 5.08. The maximum Gasteiger partial charge on any atom is 0.307 e. The quantitative estimate of drug-likeness (QED) is 0.496. The second-order valence-electron chi connectivity index (χ2n) is 8.03. The van der Waals surface area contributed by atoms with Gasteiger partial charge in [0.25, 0.3) is 0 Å². The molecule has 0 N–H and O–H groups in total. The molecule has 1 aromatic carbocycles. The summed E-state index contributed by atoms with van der Waals surface area (Å²) in [6.45, 7) is 6.91. The summed E-state index contributed by atoms with van der Waals surface area (Å²) in [6.07, 6.45) is 8.35. The minimum atomic E-state index is -0.233. The van der Waals surface area contributed by atoms with Crippen LogP contribution in [0.2, 0.25) is 0 Å². The third-order valence-electron chi connectivity index (χ3n) is 6.06. The number of amides is 1. The van der Waals surface area contributed by atoms with Crippen molar-refractivity contribution in [3.63, 3.8) is 0 Å². The predicted octanol–water partition coefficient (Wildman–Crippen LogP) is 5.53. The van der Waals surface area contributed by atoms with Gasteiger partial charge in [0.1, 0.15) is 0 Å². The van der Waals surface area contributed by atoms with Gasteiger partial charge in [-0.3, -0.25) is 9.59 Å². The molecule has 1 amide bonds. The zero-order valence-electron chi connectivity index (χ0n) is 17.9. The Morgan fingerprint density at radius 3 is 2.39 bits per heavy atom. The molecule has 28 heavy (non-hydrogen) atoms. The third-order valence-corrected chi connectivity index (χ3v) is 6.06. The summed E-state index contributed by atoms with van der Waals surface area (Å²) in [5, 5.41) is 0. The first kappa shape index (κ1) is 22.4. The molecular weight excluding hydrogens is 350 g/mol. The SMILES string of the molecule is CCCCC1CCC(C(=O)N(CCC(=O)OCC)C(C)c2ccccc2)CC1. The highest BCUT2D eigenvalue weighted by Crippen LogP contribution is 2.34. The number of carbonyl (C=O) groups is 2. The van der Waals surface area contributed by atoms with Crippen LogP contribution < -0.4 is 0 Å². The van der Waals surface area contributed by atoms with E-state index >= 15 is 0 Å². The predicted molar refractivity (Wildman–Crippen MR) is 113 cm³/mol. The van der Waals surface area contributed by atoms with Gasteiger partial charge < -0.3 is 9.64 Å². The fourth-order valence-electron chi connectivity index (χ4n) is 4.28. The number of unbranched alkanes of at least 4 members (excludes halogenated alkanes) is 1. The highest BCUT2D eigenvalue weighted by molar-refractivity contribution is 5.80. The van der Waals surface area contributed by atoms with Gasteiger partial charge in [-0.15, -0.1) is 0 Å². The van der Waals surface area contributed by atoms with E-state index in [1.165, 1.54) is 19.3 Å². The highest BCUT2D eigenvalue weighted by atomic mass is 16.5.